The third-order valence-corrected chi connectivity index (χ3v) is 3.66. The maximum absolute atomic E-state index is 13.6. The van der Waals surface area contributed by atoms with E-state index in [1.165, 1.54) is 17.7 Å². The van der Waals surface area contributed by atoms with Crippen molar-refractivity contribution in [3.63, 3.8) is 0 Å². The summed E-state index contributed by atoms with van der Waals surface area (Å²) < 4.78 is 26.5. The normalized spacial score (nSPS) is 10.7. The molecule has 0 radical (unpaired) electrons. The molecule has 0 fully saturated rings. The van der Waals surface area contributed by atoms with Gasteiger partial charge in [-0.3, -0.25) is 4.79 Å². The predicted molar refractivity (Wildman–Crippen MR) is 79.6 cm³/mol. The number of hydrogen-bond acceptors (Lipinski definition) is 1. The molecule has 2 rings (SSSR count). The van der Waals surface area contributed by atoms with Crippen molar-refractivity contribution in [2.24, 2.45) is 0 Å². The molecule has 21 heavy (non-hydrogen) atoms. The summed E-state index contributed by atoms with van der Waals surface area (Å²) >= 11 is 0. The van der Waals surface area contributed by atoms with Gasteiger partial charge in [0.2, 0.25) is 0 Å². The summed E-state index contributed by atoms with van der Waals surface area (Å²) in [7, 11) is 0. The van der Waals surface area contributed by atoms with Crippen LogP contribution in [0, 0.1) is 11.6 Å². The monoisotopic (exact) mass is 288 g/mol. The first kappa shape index (κ1) is 15.4. The Labute approximate surface area is 123 Å². The van der Waals surface area contributed by atoms with Crippen molar-refractivity contribution in [2.45, 2.75) is 33.1 Å². The van der Waals surface area contributed by atoms with Crippen LogP contribution in [0.15, 0.2) is 36.4 Å². The second-order valence-electron chi connectivity index (χ2n) is 5.03. The van der Waals surface area contributed by atoms with Gasteiger partial charge in [-0.15, -0.1) is 0 Å². The van der Waals surface area contributed by atoms with Gasteiger partial charge in [0.15, 0.2) is 5.78 Å². The van der Waals surface area contributed by atoms with Gasteiger partial charge in [-0.2, -0.15) is 0 Å². The standard InChI is InChI=1S/C18H18F2O/c1-3-12-5-6-15(9-13(12)4-2)18(21)10-14-7-8-16(19)11-17(14)20/h5-9,11H,3-4,10H2,1-2H3. The Hall–Kier alpha value is -2.03. The van der Waals surface area contributed by atoms with Gasteiger partial charge in [0.1, 0.15) is 11.6 Å². The van der Waals surface area contributed by atoms with E-state index in [0.29, 0.717) is 5.56 Å². The maximum Gasteiger partial charge on any atom is 0.167 e. The minimum absolute atomic E-state index is 0.0548. The number of hydrogen-bond donors (Lipinski definition) is 0. The van der Waals surface area contributed by atoms with Crippen LogP contribution in [0.4, 0.5) is 8.78 Å². The van der Waals surface area contributed by atoms with E-state index < -0.39 is 11.6 Å². The molecule has 0 N–H and O–H groups in total. The fourth-order valence-corrected chi connectivity index (χ4v) is 2.41. The summed E-state index contributed by atoms with van der Waals surface area (Å²) in [6.45, 7) is 4.12. The number of rotatable bonds is 5. The Bertz CT molecular complexity index is 662. The lowest BCUT2D eigenvalue weighted by molar-refractivity contribution is 0.0991. The number of halogens is 2. The van der Waals surface area contributed by atoms with Gasteiger partial charge in [0.25, 0.3) is 0 Å². The second-order valence-corrected chi connectivity index (χ2v) is 5.03. The lowest BCUT2D eigenvalue weighted by Gasteiger charge is -2.09. The van der Waals surface area contributed by atoms with Crippen LogP contribution >= 0.6 is 0 Å². The maximum atomic E-state index is 13.6. The van der Waals surface area contributed by atoms with Crippen molar-refractivity contribution >= 4 is 5.78 Å². The summed E-state index contributed by atoms with van der Waals surface area (Å²) in [5, 5.41) is 0. The summed E-state index contributed by atoms with van der Waals surface area (Å²) in [6.07, 6.45) is 1.72. The fraction of sp³-hybridized carbons (Fsp3) is 0.278. The van der Waals surface area contributed by atoms with Crippen molar-refractivity contribution in [3.8, 4) is 0 Å². The Morgan fingerprint density at radius 2 is 1.57 bits per heavy atom. The molecule has 0 aliphatic heterocycles. The predicted octanol–water partition coefficient (Wildman–Crippen LogP) is 4.52. The third kappa shape index (κ3) is 3.54. The van der Waals surface area contributed by atoms with Gasteiger partial charge in [-0.1, -0.05) is 32.0 Å². The highest BCUT2D eigenvalue weighted by atomic mass is 19.1. The highest BCUT2D eigenvalue weighted by Gasteiger charge is 2.12. The van der Waals surface area contributed by atoms with E-state index in [2.05, 4.69) is 6.92 Å². The molecule has 3 heteroatoms. The largest absolute Gasteiger partial charge is 0.294 e. The zero-order chi connectivity index (χ0) is 15.4. The van der Waals surface area contributed by atoms with Crippen molar-refractivity contribution in [2.75, 3.05) is 0 Å². The SMILES string of the molecule is CCc1ccc(C(=O)Cc2ccc(F)cc2F)cc1CC. The molecule has 0 spiro atoms. The highest BCUT2D eigenvalue weighted by molar-refractivity contribution is 5.97. The van der Waals surface area contributed by atoms with Crippen LogP contribution in [0.5, 0.6) is 0 Å². The molecule has 0 bridgehead atoms. The van der Waals surface area contributed by atoms with Crippen LogP contribution in [-0.4, -0.2) is 5.78 Å². The van der Waals surface area contributed by atoms with E-state index in [1.807, 2.05) is 19.1 Å². The average Bonchev–Trinajstić information content (AvgIpc) is 2.49. The van der Waals surface area contributed by atoms with Crippen molar-refractivity contribution in [1.29, 1.82) is 0 Å². The first-order valence-corrected chi connectivity index (χ1v) is 7.14. The van der Waals surface area contributed by atoms with Crippen LogP contribution in [0.2, 0.25) is 0 Å². The Kier molecular flexibility index (Phi) is 4.84. The Balaban J connectivity index is 2.24. The number of carbonyl (C=O) groups excluding carboxylic acids is 1. The third-order valence-electron chi connectivity index (χ3n) is 3.66. The lowest BCUT2D eigenvalue weighted by Crippen LogP contribution is -2.07. The molecule has 0 saturated heterocycles. The van der Waals surface area contributed by atoms with Crippen molar-refractivity contribution < 1.29 is 13.6 Å². The van der Waals surface area contributed by atoms with Crippen molar-refractivity contribution in [1.82, 2.24) is 0 Å². The highest BCUT2D eigenvalue weighted by Crippen LogP contribution is 2.17. The Morgan fingerprint density at radius 1 is 0.905 bits per heavy atom. The molecule has 0 amide bonds. The second kappa shape index (κ2) is 6.61. The quantitative estimate of drug-likeness (QED) is 0.740. The molecular weight excluding hydrogens is 270 g/mol. The van der Waals surface area contributed by atoms with Gasteiger partial charge < -0.3 is 0 Å². The molecule has 0 heterocycles. The average molecular weight is 288 g/mol. The van der Waals surface area contributed by atoms with E-state index in [1.54, 1.807) is 6.07 Å². The molecule has 0 saturated carbocycles. The van der Waals surface area contributed by atoms with Gasteiger partial charge >= 0.3 is 0 Å². The van der Waals surface area contributed by atoms with E-state index in [-0.39, 0.29) is 17.8 Å². The van der Waals surface area contributed by atoms with Gasteiger partial charge in [0.05, 0.1) is 0 Å². The van der Waals surface area contributed by atoms with E-state index >= 15 is 0 Å². The van der Waals surface area contributed by atoms with Crippen LogP contribution in [0.25, 0.3) is 0 Å². The smallest absolute Gasteiger partial charge is 0.167 e. The van der Waals surface area contributed by atoms with Gasteiger partial charge in [0, 0.05) is 18.1 Å². The van der Waals surface area contributed by atoms with E-state index in [0.717, 1.165) is 24.5 Å². The fourth-order valence-electron chi connectivity index (χ4n) is 2.41. The minimum atomic E-state index is -0.677. The molecule has 0 aliphatic carbocycles. The topological polar surface area (TPSA) is 17.1 Å². The van der Waals surface area contributed by atoms with E-state index in [4.69, 9.17) is 0 Å². The Morgan fingerprint density at radius 3 is 2.19 bits per heavy atom. The van der Waals surface area contributed by atoms with E-state index in [9.17, 15) is 13.6 Å². The van der Waals surface area contributed by atoms with Crippen LogP contribution in [0.1, 0.15) is 40.9 Å². The van der Waals surface area contributed by atoms with Gasteiger partial charge in [-0.25, -0.2) is 8.78 Å². The molecule has 0 aliphatic rings. The van der Waals surface area contributed by atoms with Crippen LogP contribution < -0.4 is 0 Å². The minimum Gasteiger partial charge on any atom is -0.294 e. The number of benzene rings is 2. The summed E-state index contributed by atoms with van der Waals surface area (Å²) in [4.78, 5) is 12.3. The molecule has 110 valence electrons. The summed E-state index contributed by atoms with van der Waals surface area (Å²) in [5.74, 6) is -1.47. The van der Waals surface area contributed by atoms with Crippen LogP contribution in [0.3, 0.4) is 0 Å². The van der Waals surface area contributed by atoms with Crippen molar-refractivity contribution in [3.05, 3.63) is 70.3 Å². The molecule has 0 aromatic heterocycles. The zero-order valence-electron chi connectivity index (χ0n) is 12.2. The molecule has 0 atom stereocenters. The molecular formula is C18H18F2O. The molecule has 2 aromatic carbocycles. The first-order valence-electron chi connectivity index (χ1n) is 7.14. The number of carbonyl (C=O) groups is 1. The number of ketones is 1. The summed E-state index contributed by atoms with van der Waals surface area (Å²) in [5.41, 5.74) is 3.16. The first-order chi connectivity index (χ1) is 10.0. The summed E-state index contributed by atoms with van der Waals surface area (Å²) in [6, 6.07) is 8.91. The molecule has 1 nitrogen and oxygen atoms in total. The number of aryl methyl sites for hydroxylation is 2. The van der Waals surface area contributed by atoms with Crippen LogP contribution in [-0.2, 0) is 19.3 Å². The molecule has 0 unspecified atom stereocenters. The number of Topliss-reactive ketones (excluding diaryl/α,β-unsaturated/α-hetero) is 1. The molecule has 2 aromatic rings. The van der Waals surface area contributed by atoms with Gasteiger partial charge in [-0.05, 0) is 41.7 Å². The zero-order valence-corrected chi connectivity index (χ0v) is 12.2. The lowest BCUT2D eigenvalue weighted by atomic mass is 9.96.